The molecule has 2 aliphatic rings. The molecule has 1 saturated heterocycles. The molecule has 0 aromatic heterocycles. The molecule has 1 unspecified atom stereocenters. The van der Waals surface area contributed by atoms with Gasteiger partial charge in [-0.3, -0.25) is 15.1 Å². The monoisotopic (exact) mass is 506 g/mol. The summed E-state index contributed by atoms with van der Waals surface area (Å²) in [4.78, 5) is 20.2. The van der Waals surface area contributed by atoms with Crippen molar-refractivity contribution in [3.8, 4) is 0 Å². The van der Waals surface area contributed by atoms with Gasteiger partial charge in [-0.05, 0) is 36.4 Å². The summed E-state index contributed by atoms with van der Waals surface area (Å²) in [6.45, 7) is -0.290. The van der Waals surface area contributed by atoms with Gasteiger partial charge < -0.3 is 0 Å². The molecule has 1 fully saturated rings. The molecular weight excluding hydrogens is 490 g/mol. The number of likely N-dealkylation sites (tertiary alicyclic amines) is 1. The minimum absolute atomic E-state index is 0.0701. The van der Waals surface area contributed by atoms with E-state index in [1.165, 1.54) is 18.2 Å². The summed E-state index contributed by atoms with van der Waals surface area (Å²) in [5.74, 6) is -4.61. The summed E-state index contributed by atoms with van der Waals surface area (Å²) >= 11 is 12.5. The van der Waals surface area contributed by atoms with E-state index in [2.05, 4.69) is 10.3 Å². The minimum atomic E-state index is -4.57. The van der Waals surface area contributed by atoms with E-state index in [-0.39, 0.29) is 29.4 Å². The number of hydrogen-bond donors (Lipinski definition) is 1. The molecule has 2 aromatic carbocycles. The SMILES string of the molecule is O=C1NC=NC(c2ccc(Cl)cc2Cl)(N2CCC(F)(F)CC2)N1c1ccc(C(F)(F)F)cc1. The van der Waals surface area contributed by atoms with Crippen molar-refractivity contribution in [3.05, 3.63) is 63.6 Å². The molecule has 0 aliphatic carbocycles. The standard InChI is InChI=1S/C21H17Cl2F5N4O/c22-14-3-6-16(17(23)11-14)21(31-9-7-19(24,25)8-10-31)30-12-29-18(33)32(21)15-4-1-13(2-5-15)20(26,27)28/h1-6,11-12H,7-10H2,(H,29,30,33). The molecule has 2 aliphatic heterocycles. The van der Waals surface area contributed by atoms with Gasteiger partial charge in [0.1, 0.15) is 0 Å². The highest BCUT2D eigenvalue weighted by atomic mass is 35.5. The lowest BCUT2D eigenvalue weighted by Gasteiger charge is -2.51. The quantitative estimate of drug-likeness (QED) is 0.510. The number of benzene rings is 2. The van der Waals surface area contributed by atoms with Crippen molar-refractivity contribution in [3.63, 3.8) is 0 Å². The van der Waals surface area contributed by atoms with Crippen LogP contribution in [0.25, 0.3) is 0 Å². The lowest BCUT2D eigenvalue weighted by Crippen LogP contribution is -2.66. The molecule has 0 radical (unpaired) electrons. The fourth-order valence-corrected chi connectivity index (χ4v) is 4.56. The van der Waals surface area contributed by atoms with Gasteiger partial charge in [-0.2, -0.15) is 13.2 Å². The topological polar surface area (TPSA) is 47.9 Å². The van der Waals surface area contributed by atoms with Gasteiger partial charge in [0.15, 0.2) is 0 Å². The zero-order chi connectivity index (χ0) is 24.0. The summed E-state index contributed by atoms with van der Waals surface area (Å²) in [6.07, 6.45) is -4.42. The first-order valence-corrected chi connectivity index (χ1v) is 10.6. The van der Waals surface area contributed by atoms with Crippen LogP contribution in [0.5, 0.6) is 0 Å². The Kier molecular flexibility index (Phi) is 6.05. The lowest BCUT2D eigenvalue weighted by molar-refractivity contribution is -0.137. The van der Waals surface area contributed by atoms with E-state index in [0.717, 1.165) is 35.5 Å². The van der Waals surface area contributed by atoms with Crippen molar-refractivity contribution in [2.45, 2.75) is 30.7 Å². The maximum atomic E-state index is 13.9. The molecule has 0 spiro atoms. The number of hydrogen-bond acceptors (Lipinski definition) is 3. The van der Waals surface area contributed by atoms with Gasteiger partial charge in [-0.15, -0.1) is 0 Å². The van der Waals surface area contributed by atoms with Crippen molar-refractivity contribution < 1.29 is 26.7 Å². The Balaban J connectivity index is 1.90. The molecular formula is C21H17Cl2F5N4O. The molecule has 5 nitrogen and oxygen atoms in total. The van der Waals surface area contributed by atoms with E-state index in [4.69, 9.17) is 23.2 Å². The van der Waals surface area contributed by atoms with Gasteiger partial charge in [0.2, 0.25) is 5.79 Å². The van der Waals surface area contributed by atoms with E-state index < -0.39 is 42.3 Å². The molecule has 0 bridgehead atoms. The van der Waals surface area contributed by atoms with Crippen LogP contribution in [-0.2, 0) is 12.0 Å². The molecule has 2 amide bonds. The molecule has 176 valence electrons. The summed E-state index contributed by atoms with van der Waals surface area (Å²) in [6, 6.07) is 7.65. The van der Waals surface area contributed by atoms with Crippen LogP contribution in [0.3, 0.4) is 0 Å². The molecule has 2 heterocycles. The minimum Gasteiger partial charge on any atom is -0.298 e. The van der Waals surface area contributed by atoms with E-state index in [0.29, 0.717) is 5.02 Å². The number of aliphatic imine (C=N–C) groups is 1. The van der Waals surface area contributed by atoms with Crippen LogP contribution in [0.2, 0.25) is 10.0 Å². The van der Waals surface area contributed by atoms with Gasteiger partial charge in [-0.1, -0.05) is 29.3 Å². The number of rotatable bonds is 3. The average Bonchev–Trinajstić information content (AvgIpc) is 2.73. The Morgan fingerprint density at radius 2 is 1.64 bits per heavy atom. The summed E-state index contributed by atoms with van der Waals surface area (Å²) < 4.78 is 67.2. The Labute approximate surface area is 195 Å². The van der Waals surface area contributed by atoms with Crippen LogP contribution >= 0.6 is 23.2 Å². The average molecular weight is 507 g/mol. The van der Waals surface area contributed by atoms with Crippen LogP contribution in [0.4, 0.5) is 32.4 Å². The third kappa shape index (κ3) is 4.39. The van der Waals surface area contributed by atoms with Crippen molar-refractivity contribution in [1.82, 2.24) is 10.2 Å². The number of nitrogens with zero attached hydrogens (tertiary/aromatic N) is 3. The van der Waals surface area contributed by atoms with Crippen molar-refractivity contribution in [2.24, 2.45) is 4.99 Å². The van der Waals surface area contributed by atoms with E-state index >= 15 is 0 Å². The largest absolute Gasteiger partial charge is 0.416 e. The van der Waals surface area contributed by atoms with E-state index in [1.54, 1.807) is 4.90 Å². The Morgan fingerprint density at radius 1 is 1.00 bits per heavy atom. The van der Waals surface area contributed by atoms with Gasteiger partial charge >= 0.3 is 12.2 Å². The van der Waals surface area contributed by atoms with Gasteiger partial charge in [0.25, 0.3) is 5.92 Å². The Bertz CT molecular complexity index is 1080. The van der Waals surface area contributed by atoms with Gasteiger partial charge in [0.05, 0.1) is 16.9 Å². The first-order valence-electron chi connectivity index (χ1n) is 9.84. The fourth-order valence-electron chi connectivity index (χ4n) is 4.03. The highest BCUT2D eigenvalue weighted by Gasteiger charge is 2.52. The normalized spacial score (nSPS) is 23.5. The Hall–Kier alpha value is -2.43. The highest BCUT2D eigenvalue weighted by Crippen LogP contribution is 2.45. The molecule has 33 heavy (non-hydrogen) atoms. The van der Waals surface area contributed by atoms with Crippen molar-refractivity contribution >= 4 is 41.3 Å². The number of amides is 2. The molecule has 12 heteroatoms. The molecule has 4 rings (SSSR count). The second kappa shape index (κ2) is 8.41. The van der Waals surface area contributed by atoms with Gasteiger partial charge in [0, 0.05) is 42.2 Å². The number of anilines is 1. The number of piperidine rings is 1. The molecule has 1 atom stereocenters. The van der Waals surface area contributed by atoms with Crippen molar-refractivity contribution in [2.75, 3.05) is 18.0 Å². The number of alkyl halides is 5. The number of urea groups is 1. The number of carbonyl (C=O) groups excluding carboxylic acids is 1. The molecule has 0 saturated carbocycles. The maximum absolute atomic E-state index is 13.9. The predicted octanol–water partition coefficient (Wildman–Crippen LogP) is 6.11. The molecule has 2 aromatic rings. The predicted molar refractivity (Wildman–Crippen MR) is 115 cm³/mol. The summed E-state index contributed by atoms with van der Waals surface area (Å²) in [5.41, 5.74) is -0.564. The second-order valence-corrected chi connectivity index (χ2v) is 8.53. The lowest BCUT2D eigenvalue weighted by atomic mass is 9.97. The first kappa shape index (κ1) is 23.7. The number of nitrogens with one attached hydrogen (secondary N) is 1. The zero-order valence-electron chi connectivity index (χ0n) is 16.8. The molecule has 1 N–H and O–H groups in total. The third-order valence-corrected chi connectivity index (χ3v) is 6.18. The van der Waals surface area contributed by atoms with Crippen LogP contribution < -0.4 is 10.2 Å². The Morgan fingerprint density at radius 3 is 2.21 bits per heavy atom. The van der Waals surface area contributed by atoms with Gasteiger partial charge in [-0.25, -0.2) is 18.6 Å². The van der Waals surface area contributed by atoms with Crippen molar-refractivity contribution in [1.29, 1.82) is 0 Å². The number of carbonyl (C=O) groups is 1. The van der Waals surface area contributed by atoms with E-state index in [9.17, 15) is 26.7 Å². The maximum Gasteiger partial charge on any atom is 0.416 e. The smallest absolute Gasteiger partial charge is 0.298 e. The summed E-state index contributed by atoms with van der Waals surface area (Å²) in [5, 5.41) is 2.83. The van der Waals surface area contributed by atoms with Crippen LogP contribution in [0.1, 0.15) is 24.0 Å². The third-order valence-electron chi connectivity index (χ3n) is 5.63. The highest BCUT2D eigenvalue weighted by molar-refractivity contribution is 6.35. The van der Waals surface area contributed by atoms with Crippen LogP contribution in [0, 0.1) is 0 Å². The summed E-state index contributed by atoms with van der Waals surface area (Å²) in [7, 11) is 0. The second-order valence-electron chi connectivity index (χ2n) is 7.69. The van der Waals surface area contributed by atoms with E-state index in [1.807, 2.05) is 0 Å². The number of halogens is 7. The first-order chi connectivity index (χ1) is 15.4. The fraction of sp³-hybridized carbons (Fsp3) is 0.333. The zero-order valence-corrected chi connectivity index (χ0v) is 18.4. The van der Waals surface area contributed by atoms with Crippen LogP contribution in [0.15, 0.2) is 47.5 Å². The van der Waals surface area contributed by atoms with Crippen LogP contribution in [-0.4, -0.2) is 36.3 Å².